The number of benzene rings is 1. The minimum atomic E-state index is -1.01. The van der Waals surface area contributed by atoms with Gasteiger partial charge in [0.25, 0.3) is 0 Å². The normalized spacial score (nSPS) is 21.5. The second-order valence-corrected chi connectivity index (χ2v) is 8.81. The Balaban J connectivity index is 1.52. The van der Waals surface area contributed by atoms with Crippen LogP contribution in [0, 0.1) is 5.92 Å². The summed E-state index contributed by atoms with van der Waals surface area (Å²) in [6.45, 7) is 8.83. The van der Waals surface area contributed by atoms with Gasteiger partial charge in [0, 0.05) is 38.4 Å². The van der Waals surface area contributed by atoms with Gasteiger partial charge in [-0.3, -0.25) is 14.5 Å². The monoisotopic (exact) mass is 446 g/mol. The van der Waals surface area contributed by atoms with Crippen LogP contribution in [0.15, 0.2) is 24.3 Å². The van der Waals surface area contributed by atoms with Crippen LogP contribution in [0.4, 0.5) is 5.69 Å². The molecule has 2 N–H and O–H groups in total. The van der Waals surface area contributed by atoms with Gasteiger partial charge in [0.05, 0.1) is 13.2 Å². The van der Waals surface area contributed by atoms with E-state index in [9.17, 15) is 19.5 Å². The van der Waals surface area contributed by atoms with Crippen LogP contribution in [-0.4, -0.2) is 90.6 Å². The molecular formula is C23H34N4O5. The van der Waals surface area contributed by atoms with Crippen molar-refractivity contribution >= 4 is 23.5 Å². The number of likely N-dealkylation sites (tertiary alicyclic amines) is 1. The number of piperazine rings is 1. The summed E-state index contributed by atoms with van der Waals surface area (Å²) in [6, 6.07) is 6.05. The number of rotatable bonds is 8. The summed E-state index contributed by atoms with van der Waals surface area (Å²) in [5, 5.41) is 12.3. The van der Waals surface area contributed by atoms with Gasteiger partial charge in [0.15, 0.2) is 0 Å². The standard InChI is InChI=1S/C23H34N4O5/c1-15(2)20(23(30)31)27-10-9-19(22(27)29)24-21(28)16(3)25-11-13-26(14-12-25)17-5-7-18(32-4)8-6-17/h5-8,15-16,19-20H,9-14H2,1-4H3,(H,24,28)(H,30,31). The van der Waals surface area contributed by atoms with E-state index in [1.165, 1.54) is 4.90 Å². The second kappa shape index (κ2) is 10.2. The Morgan fingerprint density at radius 1 is 1.06 bits per heavy atom. The zero-order chi connectivity index (χ0) is 23.4. The van der Waals surface area contributed by atoms with Crippen LogP contribution in [0.5, 0.6) is 5.75 Å². The first-order chi connectivity index (χ1) is 15.2. The summed E-state index contributed by atoms with van der Waals surface area (Å²) < 4.78 is 5.21. The van der Waals surface area contributed by atoms with E-state index < -0.39 is 18.1 Å². The molecule has 2 heterocycles. The number of hydrogen-bond acceptors (Lipinski definition) is 6. The number of nitrogens with one attached hydrogen (secondary N) is 1. The molecule has 2 saturated heterocycles. The molecule has 32 heavy (non-hydrogen) atoms. The maximum absolute atomic E-state index is 12.8. The van der Waals surface area contributed by atoms with Crippen molar-refractivity contribution in [3.63, 3.8) is 0 Å². The van der Waals surface area contributed by atoms with Gasteiger partial charge in [-0.2, -0.15) is 0 Å². The summed E-state index contributed by atoms with van der Waals surface area (Å²) in [5.74, 6) is -0.897. The quantitative estimate of drug-likeness (QED) is 0.615. The molecule has 0 saturated carbocycles. The summed E-state index contributed by atoms with van der Waals surface area (Å²) in [5.41, 5.74) is 1.12. The molecule has 2 amide bonds. The van der Waals surface area contributed by atoms with E-state index in [2.05, 4.69) is 15.1 Å². The lowest BCUT2D eigenvalue weighted by Crippen LogP contribution is -2.56. The maximum Gasteiger partial charge on any atom is 0.326 e. The topological polar surface area (TPSA) is 102 Å². The minimum absolute atomic E-state index is 0.195. The number of aliphatic carboxylic acids is 1. The number of hydrogen-bond donors (Lipinski definition) is 2. The summed E-state index contributed by atoms with van der Waals surface area (Å²) in [7, 11) is 1.64. The van der Waals surface area contributed by atoms with Gasteiger partial charge in [-0.1, -0.05) is 13.8 Å². The van der Waals surface area contributed by atoms with Crippen molar-refractivity contribution in [3.05, 3.63) is 24.3 Å². The van der Waals surface area contributed by atoms with Crippen LogP contribution >= 0.6 is 0 Å². The van der Waals surface area contributed by atoms with Gasteiger partial charge in [-0.15, -0.1) is 0 Å². The summed E-state index contributed by atoms with van der Waals surface area (Å²) in [6.07, 6.45) is 0.430. The number of ether oxygens (including phenoxy) is 1. The SMILES string of the molecule is COc1ccc(N2CCN(C(C)C(=O)NC3CCN(C(C(=O)O)C(C)C)C3=O)CC2)cc1. The van der Waals surface area contributed by atoms with Crippen molar-refractivity contribution in [3.8, 4) is 5.75 Å². The van der Waals surface area contributed by atoms with Crippen LogP contribution in [0.2, 0.25) is 0 Å². The van der Waals surface area contributed by atoms with Crippen molar-refractivity contribution in [2.75, 3.05) is 44.7 Å². The molecule has 2 fully saturated rings. The fourth-order valence-electron chi connectivity index (χ4n) is 4.51. The van der Waals surface area contributed by atoms with Crippen molar-refractivity contribution in [1.29, 1.82) is 0 Å². The van der Waals surface area contributed by atoms with Crippen LogP contribution in [0.25, 0.3) is 0 Å². The summed E-state index contributed by atoms with van der Waals surface area (Å²) in [4.78, 5) is 42.9. The molecular weight excluding hydrogens is 412 g/mol. The zero-order valence-corrected chi connectivity index (χ0v) is 19.3. The van der Waals surface area contributed by atoms with E-state index in [0.29, 0.717) is 13.0 Å². The van der Waals surface area contributed by atoms with Crippen LogP contribution in [0.1, 0.15) is 27.2 Å². The molecule has 0 radical (unpaired) electrons. The fourth-order valence-corrected chi connectivity index (χ4v) is 4.51. The van der Waals surface area contributed by atoms with Crippen LogP contribution in [-0.2, 0) is 14.4 Å². The lowest BCUT2D eigenvalue weighted by molar-refractivity contribution is -0.150. The predicted molar refractivity (Wildman–Crippen MR) is 121 cm³/mol. The lowest BCUT2D eigenvalue weighted by Gasteiger charge is -2.38. The highest BCUT2D eigenvalue weighted by Crippen LogP contribution is 2.22. The first kappa shape index (κ1) is 23.8. The van der Waals surface area contributed by atoms with Gasteiger partial charge in [0.2, 0.25) is 11.8 Å². The number of carbonyl (C=O) groups is 3. The Kier molecular flexibility index (Phi) is 7.60. The summed E-state index contributed by atoms with van der Waals surface area (Å²) >= 11 is 0. The lowest BCUT2D eigenvalue weighted by atomic mass is 10.0. The molecule has 1 aromatic rings. The minimum Gasteiger partial charge on any atom is -0.497 e. The first-order valence-electron chi connectivity index (χ1n) is 11.2. The molecule has 2 aliphatic rings. The molecule has 9 heteroatoms. The predicted octanol–water partition coefficient (Wildman–Crippen LogP) is 1.03. The van der Waals surface area contributed by atoms with Gasteiger partial charge in [0.1, 0.15) is 17.8 Å². The molecule has 1 aromatic carbocycles. The number of carboxylic acids is 1. The number of amides is 2. The van der Waals surface area contributed by atoms with Gasteiger partial charge < -0.3 is 25.0 Å². The highest BCUT2D eigenvalue weighted by Gasteiger charge is 2.41. The molecule has 3 atom stereocenters. The third-order valence-corrected chi connectivity index (χ3v) is 6.46. The first-order valence-corrected chi connectivity index (χ1v) is 11.2. The number of carboxylic acid groups (broad SMARTS) is 1. The Hall–Kier alpha value is -2.81. The average molecular weight is 447 g/mol. The van der Waals surface area contributed by atoms with E-state index in [-0.39, 0.29) is 23.8 Å². The molecule has 0 aliphatic carbocycles. The molecule has 0 spiro atoms. The van der Waals surface area contributed by atoms with Crippen molar-refractivity contribution in [1.82, 2.24) is 15.1 Å². The molecule has 3 rings (SSSR count). The molecule has 3 unspecified atom stereocenters. The molecule has 0 aromatic heterocycles. The highest BCUT2D eigenvalue weighted by molar-refractivity contribution is 5.93. The number of carbonyl (C=O) groups excluding carboxylic acids is 2. The van der Waals surface area contributed by atoms with Crippen molar-refractivity contribution in [2.24, 2.45) is 5.92 Å². The third kappa shape index (κ3) is 5.15. The van der Waals surface area contributed by atoms with Gasteiger partial charge >= 0.3 is 5.97 Å². The molecule has 0 bridgehead atoms. The van der Waals surface area contributed by atoms with Crippen molar-refractivity contribution in [2.45, 2.75) is 45.3 Å². The van der Waals surface area contributed by atoms with Gasteiger partial charge in [-0.25, -0.2) is 4.79 Å². The number of anilines is 1. The zero-order valence-electron chi connectivity index (χ0n) is 19.3. The highest BCUT2D eigenvalue weighted by atomic mass is 16.5. The number of nitrogens with zero attached hydrogens (tertiary/aromatic N) is 3. The maximum atomic E-state index is 12.8. The van der Waals surface area contributed by atoms with Crippen LogP contribution < -0.4 is 15.0 Å². The van der Waals surface area contributed by atoms with Gasteiger partial charge in [-0.05, 0) is 43.5 Å². The van der Waals surface area contributed by atoms with Crippen molar-refractivity contribution < 1.29 is 24.2 Å². The van der Waals surface area contributed by atoms with Crippen LogP contribution in [0.3, 0.4) is 0 Å². The van der Waals surface area contributed by atoms with E-state index in [1.807, 2.05) is 31.2 Å². The van der Waals surface area contributed by atoms with E-state index >= 15 is 0 Å². The second-order valence-electron chi connectivity index (χ2n) is 8.81. The Morgan fingerprint density at radius 3 is 2.22 bits per heavy atom. The van der Waals surface area contributed by atoms with E-state index in [1.54, 1.807) is 21.0 Å². The average Bonchev–Trinajstić information content (AvgIpc) is 3.12. The van der Waals surface area contributed by atoms with E-state index in [0.717, 1.165) is 37.6 Å². The largest absolute Gasteiger partial charge is 0.497 e. The fraction of sp³-hybridized carbons (Fsp3) is 0.609. The molecule has 2 aliphatic heterocycles. The smallest absolute Gasteiger partial charge is 0.326 e. The molecule has 9 nitrogen and oxygen atoms in total. The Morgan fingerprint density at radius 2 is 1.69 bits per heavy atom. The number of methoxy groups -OCH3 is 1. The third-order valence-electron chi connectivity index (χ3n) is 6.46. The molecule has 176 valence electrons. The Labute approximate surface area is 189 Å². The van der Waals surface area contributed by atoms with E-state index in [4.69, 9.17) is 4.74 Å². The Bertz CT molecular complexity index is 820.